The van der Waals surface area contributed by atoms with Gasteiger partial charge in [0.25, 0.3) is 0 Å². The fourth-order valence-corrected chi connectivity index (χ4v) is 2.52. The van der Waals surface area contributed by atoms with Gasteiger partial charge in [-0.05, 0) is 24.6 Å². The molecule has 3 rings (SSSR count). The highest BCUT2D eigenvalue weighted by Crippen LogP contribution is 2.31. The summed E-state index contributed by atoms with van der Waals surface area (Å²) in [5.74, 6) is 0.00296. The van der Waals surface area contributed by atoms with Gasteiger partial charge in [0, 0.05) is 10.9 Å². The van der Waals surface area contributed by atoms with Crippen molar-refractivity contribution in [2.75, 3.05) is 11.9 Å². The van der Waals surface area contributed by atoms with Gasteiger partial charge in [-0.1, -0.05) is 46.3 Å². The molecule has 23 heavy (non-hydrogen) atoms. The predicted molar refractivity (Wildman–Crippen MR) is 91.8 cm³/mol. The quantitative estimate of drug-likeness (QED) is 0.475. The van der Waals surface area contributed by atoms with Crippen LogP contribution in [0.5, 0.6) is 5.75 Å². The van der Waals surface area contributed by atoms with Crippen molar-refractivity contribution in [2.45, 2.75) is 6.42 Å². The molecular formula is C18H14BrFO3. The van der Waals surface area contributed by atoms with Crippen LogP contribution in [0.15, 0.2) is 57.7 Å². The lowest BCUT2D eigenvalue weighted by Gasteiger charge is -2.11. The third kappa shape index (κ3) is 3.29. The van der Waals surface area contributed by atoms with Crippen molar-refractivity contribution in [2.24, 2.45) is 0 Å². The zero-order valence-electron chi connectivity index (χ0n) is 12.2. The van der Waals surface area contributed by atoms with Gasteiger partial charge < -0.3 is 9.15 Å². The van der Waals surface area contributed by atoms with E-state index >= 15 is 0 Å². The van der Waals surface area contributed by atoms with E-state index in [9.17, 15) is 9.18 Å². The minimum absolute atomic E-state index is 0.121. The summed E-state index contributed by atoms with van der Waals surface area (Å²) in [5.41, 5.74) is 0.715. The minimum atomic E-state index is -0.483. The summed E-state index contributed by atoms with van der Waals surface area (Å²) in [5, 5.41) is 0.944. The molecule has 1 aromatic heterocycles. The van der Waals surface area contributed by atoms with Crippen LogP contribution >= 0.6 is 15.9 Å². The fraction of sp³-hybridized carbons (Fsp3) is 0.167. The molecule has 0 N–H and O–H groups in total. The fourth-order valence-electron chi connectivity index (χ4n) is 2.29. The van der Waals surface area contributed by atoms with Crippen molar-refractivity contribution in [3.05, 3.63) is 64.6 Å². The summed E-state index contributed by atoms with van der Waals surface area (Å²) in [6.45, 7) is 0.372. The Bertz CT molecular complexity index is 875. The Hall–Kier alpha value is -2.14. The Morgan fingerprint density at radius 3 is 2.65 bits per heavy atom. The molecule has 0 saturated carbocycles. The van der Waals surface area contributed by atoms with Gasteiger partial charge in [-0.3, -0.25) is 4.79 Å². The van der Waals surface area contributed by atoms with Crippen molar-refractivity contribution >= 4 is 26.9 Å². The Morgan fingerprint density at radius 1 is 1.13 bits per heavy atom. The van der Waals surface area contributed by atoms with Crippen LogP contribution in [0.25, 0.3) is 22.3 Å². The van der Waals surface area contributed by atoms with Crippen LogP contribution in [0.3, 0.4) is 0 Å². The molecule has 0 aliphatic rings. The number of hydrogen-bond donors (Lipinski definition) is 0. The third-order valence-corrected chi connectivity index (χ3v) is 3.93. The van der Waals surface area contributed by atoms with Crippen LogP contribution in [-0.2, 0) is 0 Å². The molecule has 2 aromatic carbocycles. The van der Waals surface area contributed by atoms with E-state index in [1.54, 1.807) is 0 Å². The molecule has 0 amide bonds. The van der Waals surface area contributed by atoms with Crippen molar-refractivity contribution in [1.82, 2.24) is 0 Å². The van der Waals surface area contributed by atoms with Crippen molar-refractivity contribution in [3.63, 3.8) is 0 Å². The molecule has 0 spiro atoms. The summed E-state index contributed by atoms with van der Waals surface area (Å²) in [6, 6.07) is 13.2. The van der Waals surface area contributed by atoms with E-state index < -0.39 is 5.82 Å². The summed E-state index contributed by atoms with van der Waals surface area (Å²) >= 11 is 3.32. The number of benzene rings is 2. The number of rotatable bonds is 5. The SMILES string of the molecule is O=c1c(OCCCBr)c(-c2ccccc2)oc2ccc(F)cc12. The lowest BCUT2D eigenvalue weighted by atomic mass is 10.1. The Kier molecular flexibility index (Phi) is 4.76. The van der Waals surface area contributed by atoms with E-state index in [0.29, 0.717) is 18.0 Å². The Labute approximate surface area is 140 Å². The average molecular weight is 377 g/mol. The number of ether oxygens (including phenoxy) is 1. The van der Waals surface area contributed by atoms with E-state index in [1.165, 1.54) is 18.2 Å². The summed E-state index contributed by atoms with van der Waals surface area (Å²) in [4.78, 5) is 12.7. The number of fused-ring (bicyclic) bond motifs is 1. The van der Waals surface area contributed by atoms with E-state index in [4.69, 9.17) is 9.15 Å². The number of halogens is 2. The van der Waals surface area contributed by atoms with Crippen molar-refractivity contribution < 1.29 is 13.5 Å². The maximum absolute atomic E-state index is 13.5. The highest BCUT2D eigenvalue weighted by atomic mass is 79.9. The normalized spacial score (nSPS) is 10.9. The van der Waals surface area contributed by atoms with Gasteiger partial charge in [0.2, 0.25) is 11.2 Å². The number of hydrogen-bond acceptors (Lipinski definition) is 3. The molecule has 0 unspecified atom stereocenters. The van der Waals surface area contributed by atoms with Crippen LogP contribution in [0.4, 0.5) is 4.39 Å². The summed E-state index contributed by atoms with van der Waals surface area (Å²) in [6.07, 6.45) is 0.745. The largest absolute Gasteiger partial charge is 0.486 e. The third-order valence-electron chi connectivity index (χ3n) is 3.37. The lowest BCUT2D eigenvalue weighted by Crippen LogP contribution is -2.11. The van der Waals surface area contributed by atoms with E-state index in [0.717, 1.165) is 17.3 Å². The first-order chi connectivity index (χ1) is 11.2. The van der Waals surface area contributed by atoms with E-state index in [-0.39, 0.29) is 16.6 Å². The second kappa shape index (κ2) is 6.96. The van der Waals surface area contributed by atoms with Gasteiger partial charge >= 0.3 is 0 Å². The molecule has 118 valence electrons. The van der Waals surface area contributed by atoms with Gasteiger partial charge in [-0.25, -0.2) is 4.39 Å². The molecule has 0 aliphatic heterocycles. The standard InChI is InChI=1S/C18H14BrFO3/c19-9-4-10-22-18-16(21)14-11-13(20)7-8-15(14)23-17(18)12-5-2-1-3-6-12/h1-3,5-8,11H,4,9-10H2. The highest BCUT2D eigenvalue weighted by molar-refractivity contribution is 9.09. The molecule has 3 aromatic rings. The molecule has 5 heteroatoms. The first-order valence-corrected chi connectivity index (χ1v) is 8.33. The first-order valence-electron chi connectivity index (χ1n) is 7.21. The topological polar surface area (TPSA) is 39.4 Å². The summed E-state index contributed by atoms with van der Waals surface area (Å²) < 4.78 is 24.9. The maximum atomic E-state index is 13.5. The van der Waals surface area contributed by atoms with Crippen molar-refractivity contribution in [1.29, 1.82) is 0 Å². The highest BCUT2D eigenvalue weighted by Gasteiger charge is 2.17. The smallest absolute Gasteiger partial charge is 0.235 e. The van der Waals surface area contributed by atoms with Gasteiger partial charge in [0.05, 0.1) is 12.0 Å². The molecule has 0 radical (unpaired) electrons. The number of alkyl halides is 1. The van der Waals surface area contributed by atoms with Crippen LogP contribution in [0, 0.1) is 5.82 Å². The Balaban J connectivity index is 2.21. The van der Waals surface area contributed by atoms with Crippen molar-refractivity contribution in [3.8, 4) is 17.1 Å². The molecular weight excluding hydrogens is 363 g/mol. The zero-order chi connectivity index (χ0) is 16.2. The minimum Gasteiger partial charge on any atom is -0.486 e. The predicted octanol–water partition coefficient (Wildman–Crippen LogP) is 4.76. The maximum Gasteiger partial charge on any atom is 0.235 e. The van der Waals surface area contributed by atoms with E-state index in [1.807, 2.05) is 30.3 Å². The van der Waals surface area contributed by atoms with Crippen LogP contribution < -0.4 is 10.2 Å². The molecule has 3 nitrogen and oxygen atoms in total. The molecule has 0 fully saturated rings. The Morgan fingerprint density at radius 2 is 1.91 bits per heavy atom. The summed E-state index contributed by atoms with van der Waals surface area (Å²) in [7, 11) is 0. The van der Waals surface area contributed by atoms with Gasteiger partial charge in [-0.2, -0.15) is 0 Å². The monoisotopic (exact) mass is 376 g/mol. The van der Waals surface area contributed by atoms with Crippen LogP contribution in [-0.4, -0.2) is 11.9 Å². The average Bonchev–Trinajstić information content (AvgIpc) is 2.58. The zero-order valence-corrected chi connectivity index (χ0v) is 13.8. The van der Waals surface area contributed by atoms with Gasteiger partial charge in [0.15, 0.2) is 5.76 Å². The molecule has 0 saturated heterocycles. The van der Waals surface area contributed by atoms with E-state index in [2.05, 4.69) is 15.9 Å². The second-order valence-corrected chi connectivity index (χ2v) is 5.78. The molecule has 1 heterocycles. The molecule has 0 atom stereocenters. The molecule has 0 aliphatic carbocycles. The van der Waals surface area contributed by atoms with Gasteiger partial charge in [-0.15, -0.1) is 0 Å². The lowest BCUT2D eigenvalue weighted by molar-refractivity contribution is 0.310. The van der Waals surface area contributed by atoms with Gasteiger partial charge in [0.1, 0.15) is 11.4 Å². The van der Waals surface area contributed by atoms with Crippen LogP contribution in [0.2, 0.25) is 0 Å². The first kappa shape index (κ1) is 15.7. The van der Waals surface area contributed by atoms with Crippen LogP contribution in [0.1, 0.15) is 6.42 Å². The molecule has 0 bridgehead atoms. The second-order valence-electron chi connectivity index (χ2n) is 4.99.